The second-order valence-corrected chi connectivity index (χ2v) is 3.31. The SMILES string of the molecule is COCCOCCOc1cccc(CN)c1. The van der Waals surface area contributed by atoms with Crippen LogP contribution in [0.4, 0.5) is 0 Å². The highest BCUT2D eigenvalue weighted by molar-refractivity contribution is 5.28. The molecule has 0 aliphatic rings. The maximum Gasteiger partial charge on any atom is 0.119 e. The summed E-state index contributed by atoms with van der Waals surface area (Å²) in [5.74, 6) is 0.832. The molecule has 0 saturated heterocycles. The highest BCUT2D eigenvalue weighted by Gasteiger charge is 1.95. The van der Waals surface area contributed by atoms with Gasteiger partial charge in [0.2, 0.25) is 0 Å². The van der Waals surface area contributed by atoms with E-state index >= 15 is 0 Å². The minimum absolute atomic E-state index is 0.529. The Morgan fingerprint density at radius 2 is 1.94 bits per heavy atom. The van der Waals surface area contributed by atoms with E-state index in [0.717, 1.165) is 11.3 Å². The fourth-order valence-corrected chi connectivity index (χ4v) is 1.23. The first-order chi connectivity index (χ1) is 7.86. The smallest absolute Gasteiger partial charge is 0.119 e. The van der Waals surface area contributed by atoms with Crippen molar-refractivity contribution in [2.75, 3.05) is 33.5 Å². The molecule has 4 heteroatoms. The van der Waals surface area contributed by atoms with Crippen LogP contribution in [0.2, 0.25) is 0 Å². The van der Waals surface area contributed by atoms with E-state index in [1.54, 1.807) is 7.11 Å². The highest BCUT2D eigenvalue weighted by atomic mass is 16.5. The molecule has 0 aliphatic heterocycles. The average molecular weight is 225 g/mol. The lowest BCUT2D eigenvalue weighted by molar-refractivity contribution is 0.0544. The summed E-state index contributed by atoms with van der Waals surface area (Å²) in [5.41, 5.74) is 6.60. The van der Waals surface area contributed by atoms with Crippen LogP contribution in [-0.2, 0) is 16.0 Å². The molecule has 1 aromatic rings. The molecule has 0 unspecified atom stereocenters. The van der Waals surface area contributed by atoms with E-state index in [-0.39, 0.29) is 0 Å². The van der Waals surface area contributed by atoms with Gasteiger partial charge in [-0.3, -0.25) is 0 Å². The van der Waals surface area contributed by atoms with Gasteiger partial charge in [0, 0.05) is 13.7 Å². The number of ether oxygens (including phenoxy) is 3. The molecule has 0 fully saturated rings. The standard InChI is InChI=1S/C12H19NO3/c1-14-5-6-15-7-8-16-12-4-2-3-11(9-12)10-13/h2-4,9H,5-8,10,13H2,1H3. The molecule has 0 amide bonds. The first-order valence-corrected chi connectivity index (χ1v) is 5.35. The number of nitrogens with two attached hydrogens (primary N) is 1. The van der Waals surface area contributed by atoms with Crippen molar-refractivity contribution in [3.8, 4) is 5.75 Å². The normalized spacial score (nSPS) is 10.4. The first kappa shape index (κ1) is 13.0. The Balaban J connectivity index is 2.16. The van der Waals surface area contributed by atoms with Gasteiger partial charge in [-0.1, -0.05) is 12.1 Å². The van der Waals surface area contributed by atoms with Crippen molar-refractivity contribution in [3.05, 3.63) is 29.8 Å². The predicted molar refractivity (Wildman–Crippen MR) is 62.5 cm³/mol. The molecule has 2 N–H and O–H groups in total. The van der Waals surface area contributed by atoms with E-state index in [0.29, 0.717) is 33.0 Å². The zero-order valence-corrected chi connectivity index (χ0v) is 9.65. The summed E-state index contributed by atoms with van der Waals surface area (Å²) in [6.07, 6.45) is 0. The molecular formula is C12H19NO3. The lowest BCUT2D eigenvalue weighted by Gasteiger charge is -2.07. The fraction of sp³-hybridized carbons (Fsp3) is 0.500. The Kier molecular flexibility index (Phi) is 6.56. The van der Waals surface area contributed by atoms with Crippen LogP contribution >= 0.6 is 0 Å². The van der Waals surface area contributed by atoms with Gasteiger partial charge in [0.05, 0.1) is 19.8 Å². The summed E-state index contributed by atoms with van der Waals surface area (Å²) < 4.78 is 15.6. The number of hydrogen-bond acceptors (Lipinski definition) is 4. The van der Waals surface area contributed by atoms with Gasteiger partial charge in [0.15, 0.2) is 0 Å². The second-order valence-electron chi connectivity index (χ2n) is 3.31. The molecular weight excluding hydrogens is 206 g/mol. The van der Waals surface area contributed by atoms with Gasteiger partial charge in [-0.25, -0.2) is 0 Å². The highest BCUT2D eigenvalue weighted by Crippen LogP contribution is 2.12. The molecule has 0 spiro atoms. The fourth-order valence-electron chi connectivity index (χ4n) is 1.23. The number of rotatable bonds is 8. The predicted octanol–water partition coefficient (Wildman–Crippen LogP) is 1.19. The summed E-state index contributed by atoms with van der Waals surface area (Å²) in [6, 6.07) is 7.76. The van der Waals surface area contributed by atoms with Crippen molar-refractivity contribution >= 4 is 0 Å². The summed E-state index contributed by atoms with van der Waals surface area (Å²) in [5, 5.41) is 0. The number of methoxy groups -OCH3 is 1. The van der Waals surface area contributed by atoms with Gasteiger partial charge in [-0.2, -0.15) is 0 Å². The van der Waals surface area contributed by atoms with Gasteiger partial charge in [0.1, 0.15) is 12.4 Å². The lowest BCUT2D eigenvalue weighted by Crippen LogP contribution is -2.10. The van der Waals surface area contributed by atoms with Crippen molar-refractivity contribution in [2.24, 2.45) is 5.73 Å². The molecule has 0 saturated carbocycles. The van der Waals surface area contributed by atoms with Gasteiger partial charge in [-0.05, 0) is 17.7 Å². The Bertz CT molecular complexity index is 291. The minimum Gasteiger partial charge on any atom is -0.491 e. The molecule has 0 aromatic heterocycles. The third-order valence-corrected chi connectivity index (χ3v) is 2.06. The van der Waals surface area contributed by atoms with Gasteiger partial charge in [-0.15, -0.1) is 0 Å². The maximum atomic E-state index is 5.53. The molecule has 0 heterocycles. The monoisotopic (exact) mass is 225 g/mol. The third kappa shape index (κ3) is 5.11. The summed E-state index contributed by atoms with van der Waals surface area (Å²) in [7, 11) is 1.65. The van der Waals surface area contributed by atoms with Crippen LogP contribution in [0.15, 0.2) is 24.3 Å². The first-order valence-electron chi connectivity index (χ1n) is 5.35. The Morgan fingerprint density at radius 3 is 2.69 bits per heavy atom. The van der Waals surface area contributed by atoms with Crippen LogP contribution in [0.3, 0.4) is 0 Å². The number of hydrogen-bond donors (Lipinski definition) is 1. The van der Waals surface area contributed by atoms with Crippen molar-refractivity contribution in [3.63, 3.8) is 0 Å². The van der Waals surface area contributed by atoms with Crippen molar-refractivity contribution < 1.29 is 14.2 Å². The quantitative estimate of drug-likeness (QED) is 0.675. The molecule has 1 aromatic carbocycles. The number of benzene rings is 1. The van der Waals surface area contributed by atoms with E-state index in [4.69, 9.17) is 19.9 Å². The lowest BCUT2D eigenvalue weighted by atomic mass is 10.2. The zero-order chi connectivity index (χ0) is 11.6. The summed E-state index contributed by atoms with van der Waals surface area (Å²) in [6.45, 7) is 2.85. The largest absolute Gasteiger partial charge is 0.491 e. The maximum absolute atomic E-state index is 5.53. The second kappa shape index (κ2) is 8.10. The molecule has 16 heavy (non-hydrogen) atoms. The van der Waals surface area contributed by atoms with Gasteiger partial charge < -0.3 is 19.9 Å². The topological polar surface area (TPSA) is 53.7 Å². The molecule has 0 bridgehead atoms. The van der Waals surface area contributed by atoms with E-state index < -0.39 is 0 Å². The van der Waals surface area contributed by atoms with Crippen LogP contribution in [0, 0.1) is 0 Å². The van der Waals surface area contributed by atoms with E-state index in [9.17, 15) is 0 Å². The van der Waals surface area contributed by atoms with Crippen LogP contribution in [0.1, 0.15) is 5.56 Å². The molecule has 90 valence electrons. The average Bonchev–Trinajstić information content (AvgIpc) is 2.34. The Labute approximate surface area is 96.3 Å². The molecule has 0 atom stereocenters. The van der Waals surface area contributed by atoms with Crippen LogP contribution in [0.25, 0.3) is 0 Å². The minimum atomic E-state index is 0.529. The van der Waals surface area contributed by atoms with Crippen molar-refractivity contribution in [1.82, 2.24) is 0 Å². The van der Waals surface area contributed by atoms with Gasteiger partial charge >= 0.3 is 0 Å². The molecule has 1 rings (SSSR count). The molecule has 0 aliphatic carbocycles. The van der Waals surface area contributed by atoms with Gasteiger partial charge in [0.25, 0.3) is 0 Å². The Morgan fingerprint density at radius 1 is 1.12 bits per heavy atom. The van der Waals surface area contributed by atoms with Crippen LogP contribution < -0.4 is 10.5 Å². The molecule has 0 radical (unpaired) electrons. The van der Waals surface area contributed by atoms with E-state index in [1.807, 2.05) is 24.3 Å². The third-order valence-electron chi connectivity index (χ3n) is 2.06. The molecule has 4 nitrogen and oxygen atoms in total. The van der Waals surface area contributed by atoms with Crippen molar-refractivity contribution in [2.45, 2.75) is 6.54 Å². The van der Waals surface area contributed by atoms with Crippen LogP contribution in [-0.4, -0.2) is 33.5 Å². The summed E-state index contributed by atoms with van der Waals surface area (Å²) >= 11 is 0. The van der Waals surface area contributed by atoms with Crippen molar-refractivity contribution in [1.29, 1.82) is 0 Å². The zero-order valence-electron chi connectivity index (χ0n) is 9.65. The van der Waals surface area contributed by atoms with E-state index in [2.05, 4.69) is 0 Å². The Hall–Kier alpha value is -1.10. The summed E-state index contributed by atoms with van der Waals surface area (Å²) in [4.78, 5) is 0. The van der Waals surface area contributed by atoms with E-state index in [1.165, 1.54) is 0 Å². The van der Waals surface area contributed by atoms with Crippen LogP contribution in [0.5, 0.6) is 5.75 Å².